The number of hydrogen-bond donors (Lipinski definition) is 1. The maximum atomic E-state index is 14.1. The van der Waals surface area contributed by atoms with Gasteiger partial charge < -0.3 is 0 Å². The van der Waals surface area contributed by atoms with Crippen LogP contribution in [-0.4, -0.2) is 18.2 Å². The topological polar surface area (TPSA) is 64.0 Å². The molecule has 0 unspecified atom stereocenters. The summed E-state index contributed by atoms with van der Waals surface area (Å²) in [6.07, 6.45) is 0. The molecule has 0 bridgehead atoms. The minimum absolute atomic E-state index is 0.145. The molecule has 0 saturated heterocycles. The van der Waals surface area contributed by atoms with Crippen molar-refractivity contribution < 1.29 is 12.8 Å². The minimum atomic E-state index is -4.01. The van der Waals surface area contributed by atoms with E-state index in [1.165, 1.54) is 6.92 Å². The first-order valence-electron chi connectivity index (χ1n) is 6.59. The summed E-state index contributed by atoms with van der Waals surface area (Å²) in [5, 5.41) is 3.90. The average Bonchev–Trinajstić information content (AvgIpc) is 2.68. The number of nitrogens with one attached hydrogen (secondary N) is 1. The number of anilines is 1. The van der Waals surface area contributed by atoms with Crippen molar-refractivity contribution in [2.75, 3.05) is 4.72 Å². The lowest BCUT2D eigenvalue weighted by Gasteiger charge is -2.10. The van der Waals surface area contributed by atoms with Crippen LogP contribution in [0.25, 0.3) is 0 Å². The van der Waals surface area contributed by atoms with Crippen molar-refractivity contribution in [3.63, 3.8) is 0 Å². The molecule has 114 valence electrons. The Hall–Kier alpha value is -1.89. The predicted molar refractivity (Wildman–Crippen MR) is 79.3 cm³/mol. The number of benzene rings is 1. The first-order valence-corrected chi connectivity index (χ1v) is 8.07. The van der Waals surface area contributed by atoms with Gasteiger partial charge in [0.05, 0.1) is 11.4 Å². The van der Waals surface area contributed by atoms with Crippen LogP contribution in [0.3, 0.4) is 0 Å². The molecular formula is C14H18FN3O2S. The van der Waals surface area contributed by atoms with Gasteiger partial charge in [-0.15, -0.1) is 0 Å². The highest BCUT2D eigenvalue weighted by Crippen LogP contribution is 2.24. The summed E-state index contributed by atoms with van der Waals surface area (Å²) >= 11 is 0. The molecule has 0 atom stereocenters. The van der Waals surface area contributed by atoms with Gasteiger partial charge in [0.2, 0.25) is 5.95 Å². The second-order valence-electron chi connectivity index (χ2n) is 4.94. The molecule has 0 aliphatic rings. The van der Waals surface area contributed by atoms with Crippen LogP contribution in [0.5, 0.6) is 0 Å². The molecule has 0 radical (unpaired) electrons. The van der Waals surface area contributed by atoms with E-state index in [4.69, 9.17) is 0 Å². The lowest BCUT2D eigenvalue weighted by Crippen LogP contribution is -2.16. The van der Waals surface area contributed by atoms with E-state index in [1.807, 2.05) is 13.0 Å². The highest BCUT2D eigenvalue weighted by molar-refractivity contribution is 7.92. The standard InChI is InChI=1S/C14H18FN3O2S/c1-5-18-14(15)13(11(4)16-18)21(19,20)17-12-7-6-9(2)8-10(12)3/h6-8,17H,5H2,1-4H3. The Morgan fingerprint density at radius 3 is 2.48 bits per heavy atom. The Balaban J connectivity index is 2.46. The first kappa shape index (κ1) is 15.5. The zero-order valence-corrected chi connectivity index (χ0v) is 13.3. The monoisotopic (exact) mass is 311 g/mol. The SMILES string of the molecule is CCn1nc(C)c(S(=O)(=O)Nc2ccc(C)cc2C)c1F. The number of aromatic nitrogens is 2. The third-order valence-electron chi connectivity index (χ3n) is 3.21. The number of halogens is 1. The summed E-state index contributed by atoms with van der Waals surface area (Å²) in [4.78, 5) is -0.399. The fourth-order valence-electron chi connectivity index (χ4n) is 2.18. The molecule has 1 aromatic carbocycles. The maximum Gasteiger partial charge on any atom is 0.268 e. The van der Waals surface area contributed by atoms with Crippen LogP contribution >= 0.6 is 0 Å². The van der Waals surface area contributed by atoms with Gasteiger partial charge in [0, 0.05) is 6.54 Å². The Morgan fingerprint density at radius 2 is 1.95 bits per heavy atom. The number of hydrogen-bond acceptors (Lipinski definition) is 3. The van der Waals surface area contributed by atoms with E-state index in [2.05, 4.69) is 9.82 Å². The van der Waals surface area contributed by atoms with Crippen LogP contribution in [0.1, 0.15) is 23.7 Å². The third-order valence-corrected chi connectivity index (χ3v) is 4.70. The highest BCUT2D eigenvalue weighted by atomic mass is 32.2. The maximum absolute atomic E-state index is 14.1. The molecule has 1 heterocycles. The largest absolute Gasteiger partial charge is 0.279 e. The van der Waals surface area contributed by atoms with Crippen molar-refractivity contribution in [1.29, 1.82) is 0 Å². The Kier molecular flexibility index (Phi) is 4.04. The summed E-state index contributed by atoms with van der Waals surface area (Å²) in [6.45, 7) is 7.16. The lowest BCUT2D eigenvalue weighted by molar-refractivity contribution is 0.454. The molecule has 0 fully saturated rings. The lowest BCUT2D eigenvalue weighted by atomic mass is 10.1. The zero-order valence-electron chi connectivity index (χ0n) is 12.4. The van der Waals surface area contributed by atoms with Crippen molar-refractivity contribution >= 4 is 15.7 Å². The van der Waals surface area contributed by atoms with E-state index in [-0.39, 0.29) is 12.2 Å². The molecule has 2 aromatic rings. The van der Waals surface area contributed by atoms with E-state index in [0.29, 0.717) is 5.69 Å². The summed E-state index contributed by atoms with van der Waals surface area (Å²) in [5.41, 5.74) is 2.38. The van der Waals surface area contributed by atoms with Crippen LogP contribution in [0, 0.1) is 26.7 Å². The van der Waals surface area contributed by atoms with Crippen molar-refractivity contribution in [3.8, 4) is 0 Å². The smallest absolute Gasteiger partial charge is 0.268 e. The van der Waals surface area contributed by atoms with Crippen molar-refractivity contribution in [1.82, 2.24) is 9.78 Å². The summed E-state index contributed by atoms with van der Waals surface area (Å²) < 4.78 is 42.4. The first-order chi connectivity index (χ1) is 9.76. The number of nitrogens with zero attached hydrogens (tertiary/aromatic N) is 2. The van der Waals surface area contributed by atoms with Crippen LogP contribution < -0.4 is 4.72 Å². The van der Waals surface area contributed by atoms with Gasteiger partial charge in [-0.05, 0) is 39.3 Å². The molecule has 0 aliphatic carbocycles. The van der Waals surface area contributed by atoms with E-state index in [1.54, 1.807) is 26.0 Å². The zero-order chi connectivity index (χ0) is 15.8. The van der Waals surface area contributed by atoms with Crippen LogP contribution in [0.15, 0.2) is 23.1 Å². The molecule has 1 aromatic heterocycles. The number of sulfonamides is 1. The van der Waals surface area contributed by atoms with Gasteiger partial charge in [0.25, 0.3) is 10.0 Å². The predicted octanol–water partition coefficient (Wildman–Crippen LogP) is 2.77. The van der Waals surface area contributed by atoms with Gasteiger partial charge in [0.15, 0.2) is 4.90 Å². The molecule has 0 amide bonds. The van der Waals surface area contributed by atoms with Crippen molar-refractivity contribution in [2.24, 2.45) is 0 Å². The van der Waals surface area contributed by atoms with E-state index in [9.17, 15) is 12.8 Å². The molecule has 0 spiro atoms. The second-order valence-corrected chi connectivity index (χ2v) is 6.56. The molecule has 2 rings (SSSR count). The number of rotatable bonds is 4. The molecular weight excluding hydrogens is 293 g/mol. The molecule has 5 nitrogen and oxygen atoms in total. The summed E-state index contributed by atoms with van der Waals surface area (Å²) in [7, 11) is -4.01. The Bertz CT molecular complexity index is 782. The third kappa shape index (κ3) is 2.92. The van der Waals surface area contributed by atoms with Gasteiger partial charge in [0.1, 0.15) is 0 Å². The van der Waals surface area contributed by atoms with Gasteiger partial charge in [-0.25, -0.2) is 13.1 Å². The van der Waals surface area contributed by atoms with E-state index in [0.717, 1.165) is 15.8 Å². The molecule has 21 heavy (non-hydrogen) atoms. The van der Waals surface area contributed by atoms with Gasteiger partial charge in [-0.2, -0.15) is 9.49 Å². The number of aryl methyl sites for hydroxylation is 4. The Morgan fingerprint density at radius 1 is 1.29 bits per heavy atom. The van der Waals surface area contributed by atoms with Crippen LogP contribution in [-0.2, 0) is 16.6 Å². The highest BCUT2D eigenvalue weighted by Gasteiger charge is 2.27. The van der Waals surface area contributed by atoms with Gasteiger partial charge in [-0.3, -0.25) is 4.72 Å². The molecule has 0 aliphatic heterocycles. The fourth-order valence-corrected chi connectivity index (χ4v) is 3.55. The molecule has 7 heteroatoms. The minimum Gasteiger partial charge on any atom is -0.279 e. The normalized spacial score (nSPS) is 11.7. The van der Waals surface area contributed by atoms with Gasteiger partial charge in [-0.1, -0.05) is 17.7 Å². The van der Waals surface area contributed by atoms with E-state index < -0.39 is 20.9 Å². The van der Waals surface area contributed by atoms with Crippen molar-refractivity contribution in [2.45, 2.75) is 39.1 Å². The van der Waals surface area contributed by atoms with Crippen LogP contribution in [0.2, 0.25) is 0 Å². The molecule has 1 N–H and O–H groups in total. The van der Waals surface area contributed by atoms with E-state index >= 15 is 0 Å². The van der Waals surface area contributed by atoms with Crippen LogP contribution in [0.4, 0.5) is 10.1 Å². The summed E-state index contributed by atoms with van der Waals surface area (Å²) in [5.74, 6) is -0.840. The Labute approximate surface area is 123 Å². The van der Waals surface area contributed by atoms with Gasteiger partial charge >= 0.3 is 0 Å². The van der Waals surface area contributed by atoms with Crippen molar-refractivity contribution in [3.05, 3.63) is 41.0 Å². The fraction of sp³-hybridized carbons (Fsp3) is 0.357. The average molecular weight is 311 g/mol. The summed E-state index contributed by atoms with van der Waals surface area (Å²) in [6, 6.07) is 5.32. The second kappa shape index (κ2) is 5.48. The quantitative estimate of drug-likeness (QED) is 0.944. The molecule has 0 saturated carbocycles.